The second-order valence-corrected chi connectivity index (χ2v) is 7.82. The number of halogens is 1. The smallest absolute Gasteiger partial charge is 0.230 e. The topological polar surface area (TPSA) is 56.7 Å². The summed E-state index contributed by atoms with van der Waals surface area (Å²) in [5, 5.41) is 6.93. The average Bonchev–Trinajstić information content (AvgIpc) is 3.01. The number of aliphatic imine (C=N–C) groups is 1. The third kappa shape index (κ3) is 5.69. The van der Waals surface area contributed by atoms with Crippen molar-refractivity contribution in [2.75, 3.05) is 39.2 Å². The van der Waals surface area contributed by atoms with Crippen molar-refractivity contribution in [1.29, 1.82) is 0 Å². The molecule has 1 saturated heterocycles. The summed E-state index contributed by atoms with van der Waals surface area (Å²) in [6.45, 7) is 0.684. The molecule has 0 aromatic heterocycles. The Hall–Kier alpha value is -0.180. The Morgan fingerprint density at radius 2 is 2.00 bits per heavy atom. The highest BCUT2D eigenvalue weighted by Gasteiger charge is 2.42. The first kappa shape index (κ1) is 20.9. The second kappa shape index (κ2) is 9.96. The third-order valence-electron chi connectivity index (χ3n) is 4.74. The standard InChI is InChI=1S/C16H30N4OS.HI/c1-17-15(19-13-7-6-10-22-11-13)18-12-16(8-4-5-9-16)14(21)20(2)3;/h13H,4-12H2,1-3H3,(H2,17,18,19);1H. The fourth-order valence-electron chi connectivity index (χ4n) is 3.49. The van der Waals surface area contributed by atoms with Crippen LogP contribution in [0.2, 0.25) is 0 Å². The highest BCUT2D eigenvalue weighted by molar-refractivity contribution is 14.0. The maximum Gasteiger partial charge on any atom is 0.230 e. The second-order valence-electron chi connectivity index (χ2n) is 6.67. The summed E-state index contributed by atoms with van der Waals surface area (Å²) in [7, 11) is 5.52. The van der Waals surface area contributed by atoms with E-state index in [1.54, 1.807) is 11.9 Å². The van der Waals surface area contributed by atoms with Gasteiger partial charge in [0.05, 0.1) is 5.41 Å². The van der Waals surface area contributed by atoms with Gasteiger partial charge in [-0.1, -0.05) is 12.8 Å². The number of nitrogens with one attached hydrogen (secondary N) is 2. The summed E-state index contributed by atoms with van der Waals surface area (Å²) < 4.78 is 0. The van der Waals surface area contributed by atoms with Crippen LogP contribution in [0.4, 0.5) is 0 Å². The van der Waals surface area contributed by atoms with Gasteiger partial charge >= 0.3 is 0 Å². The zero-order chi connectivity index (χ0) is 16.0. The summed E-state index contributed by atoms with van der Waals surface area (Å²) in [5.41, 5.74) is -0.248. The summed E-state index contributed by atoms with van der Waals surface area (Å²) in [4.78, 5) is 18.7. The van der Waals surface area contributed by atoms with E-state index in [1.807, 2.05) is 25.9 Å². The van der Waals surface area contributed by atoms with Crippen LogP contribution in [0.25, 0.3) is 0 Å². The van der Waals surface area contributed by atoms with Gasteiger partial charge in [-0.15, -0.1) is 24.0 Å². The summed E-state index contributed by atoms with van der Waals surface area (Å²) in [6, 6.07) is 0.494. The van der Waals surface area contributed by atoms with E-state index in [-0.39, 0.29) is 35.3 Å². The van der Waals surface area contributed by atoms with E-state index in [0.29, 0.717) is 12.6 Å². The van der Waals surface area contributed by atoms with E-state index in [4.69, 9.17) is 0 Å². The zero-order valence-electron chi connectivity index (χ0n) is 14.6. The molecule has 2 N–H and O–H groups in total. The monoisotopic (exact) mass is 454 g/mol. The number of nitrogens with zero attached hydrogens (tertiary/aromatic N) is 2. The molecule has 1 unspecified atom stereocenters. The molecule has 1 heterocycles. The molecule has 23 heavy (non-hydrogen) atoms. The van der Waals surface area contributed by atoms with E-state index < -0.39 is 0 Å². The van der Waals surface area contributed by atoms with Crippen LogP contribution in [0.1, 0.15) is 38.5 Å². The molecule has 2 aliphatic rings. The van der Waals surface area contributed by atoms with E-state index in [0.717, 1.165) is 37.4 Å². The summed E-state index contributed by atoms with van der Waals surface area (Å²) >= 11 is 2.00. The first-order chi connectivity index (χ1) is 10.6. The van der Waals surface area contributed by atoms with Crippen LogP contribution in [0.15, 0.2) is 4.99 Å². The minimum absolute atomic E-state index is 0. The molecule has 7 heteroatoms. The molecule has 1 saturated carbocycles. The van der Waals surface area contributed by atoms with E-state index in [1.165, 1.54) is 18.6 Å². The van der Waals surface area contributed by atoms with Gasteiger partial charge in [-0.3, -0.25) is 9.79 Å². The predicted octanol–water partition coefficient (Wildman–Crippen LogP) is 2.31. The Labute approximate surface area is 161 Å². The van der Waals surface area contributed by atoms with Crippen molar-refractivity contribution in [3.8, 4) is 0 Å². The lowest BCUT2D eigenvalue weighted by atomic mass is 9.84. The van der Waals surface area contributed by atoms with Crippen LogP contribution in [-0.4, -0.2) is 62.0 Å². The number of guanidine groups is 1. The van der Waals surface area contributed by atoms with Crippen molar-refractivity contribution in [3.63, 3.8) is 0 Å². The Morgan fingerprint density at radius 1 is 1.30 bits per heavy atom. The number of carbonyl (C=O) groups is 1. The van der Waals surface area contributed by atoms with Crippen molar-refractivity contribution in [3.05, 3.63) is 0 Å². The molecule has 1 amide bonds. The van der Waals surface area contributed by atoms with E-state index in [9.17, 15) is 4.79 Å². The Balaban J connectivity index is 0.00000264. The lowest BCUT2D eigenvalue weighted by Gasteiger charge is -2.32. The highest BCUT2D eigenvalue weighted by atomic mass is 127. The SMILES string of the molecule is CN=C(NCC1(C(=O)N(C)C)CCCC1)NC1CCCSC1.I. The van der Waals surface area contributed by atoms with Gasteiger partial charge in [0.1, 0.15) is 0 Å². The Bertz CT molecular complexity index is 405. The molecule has 1 aliphatic heterocycles. The van der Waals surface area contributed by atoms with Crippen LogP contribution < -0.4 is 10.6 Å². The molecular formula is C16H31IN4OS. The minimum Gasteiger partial charge on any atom is -0.355 e. The van der Waals surface area contributed by atoms with Gasteiger partial charge in [0.15, 0.2) is 5.96 Å². The van der Waals surface area contributed by atoms with Gasteiger partial charge in [0.25, 0.3) is 0 Å². The van der Waals surface area contributed by atoms with Crippen molar-refractivity contribution in [1.82, 2.24) is 15.5 Å². The van der Waals surface area contributed by atoms with Gasteiger partial charge in [-0.2, -0.15) is 11.8 Å². The summed E-state index contributed by atoms with van der Waals surface area (Å²) in [5.74, 6) is 3.50. The molecule has 1 atom stereocenters. The number of rotatable bonds is 4. The first-order valence-electron chi connectivity index (χ1n) is 8.34. The van der Waals surface area contributed by atoms with Crippen molar-refractivity contribution in [2.24, 2.45) is 10.4 Å². The van der Waals surface area contributed by atoms with Crippen molar-refractivity contribution >= 4 is 47.6 Å². The zero-order valence-corrected chi connectivity index (χ0v) is 17.7. The van der Waals surface area contributed by atoms with E-state index >= 15 is 0 Å². The maximum atomic E-state index is 12.6. The molecule has 0 spiro atoms. The highest BCUT2D eigenvalue weighted by Crippen LogP contribution is 2.38. The summed E-state index contributed by atoms with van der Waals surface area (Å²) in [6.07, 6.45) is 6.72. The Kier molecular flexibility index (Phi) is 9.03. The largest absolute Gasteiger partial charge is 0.355 e. The molecule has 5 nitrogen and oxygen atoms in total. The number of hydrogen-bond acceptors (Lipinski definition) is 3. The van der Waals surface area contributed by atoms with Gasteiger partial charge < -0.3 is 15.5 Å². The molecule has 0 aromatic rings. The molecular weight excluding hydrogens is 423 g/mol. The van der Waals surface area contributed by atoms with Gasteiger partial charge in [0, 0.05) is 39.5 Å². The van der Waals surface area contributed by atoms with Gasteiger partial charge in [-0.25, -0.2) is 0 Å². The molecule has 2 rings (SSSR count). The fourth-order valence-corrected chi connectivity index (χ4v) is 4.56. The molecule has 0 aromatic carbocycles. The maximum absolute atomic E-state index is 12.6. The number of carbonyl (C=O) groups excluding carboxylic acids is 1. The number of hydrogen-bond donors (Lipinski definition) is 2. The number of amides is 1. The van der Waals surface area contributed by atoms with Crippen LogP contribution in [0, 0.1) is 5.41 Å². The Morgan fingerprint density at radius 3 is 2.52 bits per heavy atom. The quantitative estimate of drug-likeness (QED) is 0.389. The predicted molar refractivity (Wildman–Crippen MR) is 110 cm³/mol. The van der Waals surface area contributed by atoms with Crippen LogP contribution in [0.3, 0.4) is 0 Å². The first-order valence-corrected chi connectivity index (χ1v) is 9.49. The normalized spacial score (nSPS) is 23.8. The van der Waals surface area contributed by atoms with Crippen LogP contribution >= 0.6 is 35.7 Å². The molecule has 0 bridgehead atoms. The average molecular weight is 454 g/mol. The lowest BCUT2D eigenvalue weighted by Crippen LogP contribution is -2.51. The van der Waals surface area contributed by atoms with Gasteiger partial charge in [-0.05, 0) is 31.4 Å². The molecule has 1 aliphatic carbocycles. The van der Waals surface area contributed by atoms with E-state index in [2.05, 4.69) is 15.6 Å². The van der Waals surface area contributed by atoms with Crippen molar-refractivity contribution < 1.29 is 4.79 Å². The van der Waals surface area contributed by atoms with Crippen LogP contribution in [-0.2, 0) is 4.79 Å². The van der Waals surface area contributed by atoms with Gasteiger partial charge in [0.2, 0.25) is 5.91 Å². The lowest BCUT2D eigenvalue weighted by molar-refractivity contribution is -0.138. The molecule has 134 valence electrons. The molecule has 2 fully saturated rings. The third-order valence-corrected chi connectivity index (χ3v) is 5.95. The van der Waals surface area contributed by atoms with Crippen LogP contribution in [0.5, 0.6) is 0 Å². The minimum atomic E-state index is -0.248. The fraction of sp³-hybridized carbons (Fsp3) is 0.875. The van der Waals surface area contributed by atoms with Crippen molar-refractivity contribution in [2.45, 2.75) is 44.6 Å². The number of thioether (sulfide) groups is 1. The molecule has 0 radical (unpaired) electrons.